The van der Waals surface area contributed by atoms with Crippen molar-refractivity contribution in [3.63, 3.8) is 0 Å². The summed E-state index contributed by atoms with van der Waals surface area (Å²) < 4.78 is 24.9. The zero-order valence-electron chi connectivity index (χ0n) is 22.6. The highest BCUT2D eigenvalue weighted by Gasteiger charge is 2.59. The minimum atomic E-state index is -1.91. The molecule has 4 amide bonds. The van der Waals surface area contributed by atoms with Gasteiger partial charge in [0.1, 0.15) is 5.82 Å². The number of carbonyl (C=O) groups is 3. The van der Waals surface area contributed by atoms with E-state index < -0.39 is 41.4 Å². The molecule has 0 fully saturated rings. The molecule has 3 aromatic carbocycles. The summed E-state index contributed by atoms with van der Waals surface area (Å²) in [4.78, 5) is 42.7. The summed E-state index contributed by atoms with van der Waals surface area (Å²) in [6.07, 6.45) is -0.748. The lowest BCUT2D eigenvalue weighted by Gasteiger charge is -2.36. The van der Waals surface area contributed by atoms with Gasteiger partial charge in [0.15, 0.2) is 11.8 Å². The smallest absolute Gasteiger partial charge is 0.320 e. The highest BCUT2D eigenvalue weighted by atomic mass is 19.1. The Hall–Kier alpha value is -4.28. The van der Waals surface area contributed by atoms with Crippen LogP contribution in [0.15, 0.2) is 72.8 Å². The van der Waals surface area contributed by atoms with Crippen molar-refractivity contribution in [2.24, 2.45) is 5.73 Å². The average molecular weight is 549 g/mol. The molecule has 0 saturated carbocycles. The van der Waals surface area contributed by atoms with Gasteiger partial charge in [-0.3, -0.25) is 9.59 Å². The summed E-state index contributed by atoms with van der Waals surface area (Å²) >= 11 is 0. The predicted molar refractivity (Wildman–Crippen MR) is 149 cm³/mol. The normalized spacial score (nSPS) is 17.0. The zero-order valence-corrected chi connectivity index (χ0v) is 22.6. The Morgan fingerprint density at radius 1 is 0.975 bits per heavy atom. The van der Waals surface area contributed by atoms with E-state index in [1.807, 2.05) is 20.8 Å². The number of carbonyl (C=O) groups excluding carboxylic acids is 3. The Bertz CT molecular complexity index is 1360. The molecular weight excluding hydrogens is 515 g/mol. The van der Waals surface area contributed by atoms with Gasteiger partial charge < -0.3 is 30.7 Å². The molecule has 0 saturated heterocycles. The maximum atomic E-state index is 14.6. The summed E-state index contributed by atoms with van der Waals surface area (Å²) in [5, 5.41) is 5.44. The summed E-state index contributed by atoms with van der Waals surface area (Å²) in [5.74, 6) is -3.12. The van der Waals surface area contributed by atoms with Crippen LogP contribution in [0.5, 0.6) is 0 Å². The molecule has 0 aliphatic carbocycles. The molecule has 3 aromatic rings. The van der Waals surface area contributed by atoms with E-state index in [1.54, 1.807) is 48.5 Å². The van der Waals surface area contributed by atoms with Gasteiger partial charge in [0.25, 0.3) is 5.91 Å². The molecule has 1 heterocycles. The molecule has 1 aliphatic heterocycles. The fourth-order valence-corrected chi connectivity index (χ4v) is 5.07. The van der Waals surface area contributed by atoms with Crippen LogP contribution in [0.25, 0.3) is 0 Å². The van der Waals surface area contributed by atoms with Crippen molar-refractivity contribution in [1.29, 1.82) is 0 Å². The number of fused-ring (bicyclic) bond motifs is 1. The van der Waals surface area contributed by atoms with Gasteiger partial charge in [-0.1, -0.05) is 48.0 Å². The Kier molecular flexibility index (Phi) is 8.81. The molecule has 1 aliphatic rings. The van der Waals surface area contributed by atoms with Crippen LogP contribution in [0.2, 0.25) is 0 Å². The van der Waals surface area contributed by atoms with Gasteiger partial charge in [0.2, 0.25) is 5.91 Å². The monoisotopic (exact) mass is 548 g/mol. The highest BCUT2D eigenvalue weighted by molar-refractivity contribution is 6.13. The average Bonchev–Trinajstić information content (AvgIpc) is 3.14. The van der Waals surface area contributed by atoms with E-state index in [-0.39, 0.29) is 6.54 Å². The number of urea groups is 1. The number of hydrogen-bond acceptors (Lipinski definition) is 5. The van der Waals surface area contributed by atoms with Crippen LogP contribution >= 0.6 is 0 Å². The van der Waals surface area contributed by atoms with Gasteiger partial charge >= 0.3 is 6.03 Å². The molecule has 2 atom stereocenters. The molecule has 210 valence electrons. The van der Waals surface area contributed by atoms with Crippen LogP contribution in [0.4, 0.5) is 20.6 Å². The van der Waals surface area contributed by atoms with Gasteiger partial charge in [0, 0.05) is 24.5 Å². The molecule has 4 N–H and O–H groups in total. The molecule has 9 nitrogen and oxygen atoms in total. The minimum Gasteiger partial charge on any atom is -0.369 e. The van der Waals surface area contributed by atoms with Crippen LogP contribution in [-0.4, -0.2) is 43.9 Å². The molecule has 0 bridgehead atoms. The van der Waals surface area contributed by atoms with E-state index in [0.29, 0.717) is 35.7 Å². The van der Waals surface area contributed by atoms with E-state index in [9.17, 15) is 18.8 Å². The fourth-order valence-electron chi connectivity index (χ4n) is 5.07. The number of benzene rings is 3. The van der Waals surface area contributed by atoms with Crippen molar-refractivity contribution in [1.82, 2.24) is 5.32 Å². The fraction of sp³-hybridized carbons (Fsp3) is 0.300. The Balaban J connectivity index is 1.86. The van der Waals surface area contributed by atoms with E-state index in [1.165, 1.54) is 29.2 Å². The van der Waals surface area contributed by atoms with Crippen LogP contribution in [0.1, 0.15) is 36.5 Å². The number of para-hydroxylation sites is 1. The zero-order chi connectivity index (χ0) is 28.9. The van der Waals surface area contributed by atoms with Crippen LogP contribution in [0.3, 0.4) is 0 Å². The number of rotatable bonds is 11. The summed E-state index contributed by atoms with van der Waals surface area (Å²) in [6.45, 7) is 6.25. The standard InChI is InChI=1S/C30H33FN4O5/c1-4-39-25(40-5-2)18-35-24-9-7-6-8-23(24)30(28(35)37,26(27(32)36)20-12-10-19(3)11-13-20)34-29(38)33-22-16-14-21(31)15-17-22/h6-17,25-26H,4-5,18H2,1-3H3,(H2,32,36)(H2,33,34,38). The topological polar surface area (TPSA) is 123 Å². The number of ether oxygens (including phenoxy) is 2. The first-order valence-corrected chi connectivity index (χ1v) is 13.1. The second-order valence-corrected chi connectivity index (χ2v) is 9.41. The van der Waals surface area contributed by atoms with Gasteiger partial charge in [-0.25, -0.2) is 9.18 Å². The van der Waals surface area contributed by atoms with E-state index in [2.05, 4.69) is 10.6 Å². The van der Waals surface area contributed by atoms with E-state index >= 15 is 0 Å². The third kappa shape index (κ3) is 5.68. The number of amides is 4. The number of hydrogen-bond donors (Lipinski definition) is 3. The molecule has 2 unspecified atom stereocenters. The Morgan fingerprint density at radius 2 is 1.60 bits per heavy atom. The third-order valence-corrected chi connectivity index (χ3v) is 6.78. The molecule has 10 heteroatoms. The first kappa shape index (κ1) is 28.7. The van der Waals surface area contributed by atoms with Crippen molar-refractivity contribution < 1.29 is 28.2 Å². The Morgan fingerprint density at radius 3 is 2.20 bits per heavy atom. The summed E-state index contributed by atoms with van der Waals surface area (Å²) in [7, 11) is 0. The van der Waals surface area contributed by atoms with Gasteiger partial charge in [-0.15, -0.1) is 0 Å². The lowest BCUT2D eigenvalue weighted by atomic mass is 9.74. The van der Waals surface area contributed by atoms with Crippen molar-refractivity contribution in [2.45, 2.75) is 38.5 Å². The lowest BCUT2D eigenvalue weighted by molar-refractivity contribution is -0.139. The van der Waals surface area contributed by atoms with Crippen molar-refractivity contribution in [3.05, 3.63) is 95.3 Å². The number of nitrogens with two attached hydrogens (primary N) is 1. The largest absolute Gasteiger partial charge is 0.369 e. The number of anilines is 2. The van der Waals surface area contributed by atoms with Gasteiger partial charge in [0.05, 0.1) is 18.2 Å². The van der Waals surface area contributed by atoms with Crippen molar-refractivity contribution in [2.75, 3.05) is 30.0 Å². The number of nitrogens with zero attached hydrogens (tertiary/aromatic N) is 1. The second-order valence-electron chi connectivity index (χ2n) is 9.41. The molecule has 0 aromatic heterocycles. The SMILES string of the molecule is CCOC(CN1C(=O)C(NC(=O)Nc2ccc(F)cc2)(C(C(N)=O)c2ccc(C)cc2)c2ccccc21)OCC. The van der Waals surface area contributed by atoms with Crippen molar-refractivity contribution >= 4 is 29.2 Å². The maximum Gasteiger partial charge on any atom is 0.320 e. The maximum absolute atomic E-state index is 14.6. The molecule has 40 heavy (non-hydrogen) atoms. The Labute approximate surface area is 232 Å². The van der Waals surface area contributed by atoms with Crippen LogP contribution in [0, 0.1) is 12.7 Å². The third-order valence-electron chi connectivity index (χ3n) is 6.78. The number of halogens is 1. The van der Waals surface area contributed by atoms with Gasteiger partial charge in [-0.2, -0.15) is 0 Å². The minimum absolute atomic E-state index is 0.0138. The van der Waals surface area contributed by atoms with Crippen molar-refractivity contribution in [3.8, 4) is 0 Å². The number of primary amides is 1. The summed E-state index contributed by atoms with van der Waals surface area (Å²) in [5.41, 5.74) is 6.66. The molecular formula is C30H33FN4O5. The second kappa shape index (κ2) is 12.3. The summed E-state index contributed by atoms with van der Waals surface area (Å²) in [6, 6.07) is 18.3. The highest BCUT2D eigenvalue weighted by Crippen LogP contribution is 2.48. The first-order valence-electron chi connectivity index (χ1n) is 13.1. The van der Waals surface area contributed by atoms with E-state index in [4.69, 9.17) is 15.2 Å². The predicted octanol–water partition coefficient (Wildman–Crippen LogP) is 4.17. The van der Waals surface area contributed by atoms with Gasteiger partial charge in [-0.05, 0) is 56.7 Å². The molecule has 0 spiro atoms. The quantitative estimate of drug-likeness (QED) is 0.311. The number of aryl methyl sites for hydroxylation is 1. The van der Waals surface area contributed by atoms with E-state index in [0.717, 1.165) is 5.56 Å². The molecule has 4 rings (SSSR count). The number of nitrogens with one attached hydrogen (secondary N) is 2. The lowest BCUT2D eigenvalue weighted by Crippen LogP contribution is -2.60. The van der Waals surface area contributed by atoms with Crippen LogP contribution < -0.4 is 21.3 Å². The van der Waals surface area contributed by atoms with Crippen LogP contribution in [-0.2, 0) is 24.6 Å². The molecule has 0 radical (unpaired) electrons. The first-order chi connectivity index (χ1) is 19.2.